The minimum atomic E-state index is -1.58. The van der Waals surface area contributed by atoms with E-state index in [0.717, 1.165) is 12.8 Å². The van der Waals surface area contributed by atoms with Crippen LogP contribution in [0.3, 0.4) is 0 Å². The molecule has 1 aliphatic carbocycles. The minimum absolute atomic E-state index is 0.208. The quantitative estimate of drug-likeness (QED) is 0.846. The maximum atomic E-state index is 12.4. The second-order valence-electron chi connectivity index (χ2n) is 4.74. The van der Waals surface area contributed by atoms with E-state index < -0.39 is 17.3 Å². The Balaban J connectivity index is 2.27. The first kappa shape index (κ1) is 13.7. The van der Waals surface area contributed by atoms with Gasteiger partial charge in [0, 0.05) is 5.25 Å². The number of carbonyl (C=O) groups is 1. The molecule has 1 heterocycles. The molecule has 6 nitrogen and oxygen atoms in total. The summed E-state index contributed by atoms with van der Waals surface area (Å²) in [5.74, 6) is 0. The van der Waals surface area contributed by atoms with Crippen molar-refractivity contribution in [2.24, 2.45) is 0 Å². The molecule has 1 aromatic carbocycles. The Morgan fingerprint density at radius 1 is 1.24 bits per heavy atom. The molecule has 0 aliphatic heterocycles. The van der Waals surface area contributed by atoms with Crippen LogP contribution in [0.2, 0.25) is 0 Å². The zero-order valence-electron chi connectivity index (χ0n) is 10.9. The summed E-state index contributed by atoms with van der Waals surface area (Å²) < 4.78 is 0.208. The number of H-pyrrole nitrogens is 1. The first-order valence-electron chi connectivity index (χ1n) is 6.42. The summed E-state index contributed by atoms with van der Waals surface area (Å²) in [6.45, 7) is 0. The molecular formula is C14H12N2O4S. The van der Waals surface area contributed by atoms with Crippen molar-refractivity contribution in [3.8, 4) is 11.1 Å². The first-order valence-corrected chi connectivity index (χ1v) is 7.30. The molecule has 0 spiro atoms. The van der Waals surface area contributed by atoms with Gasteiger partial charge in [-0.1, -0.05) is 30.3 Å². The van der Waals surface area contributed by atoms with E-state index in [9.17, 15) is 14.4 Å². The van der Waals surface area contributed by atoms with Gasteiger partial charge in [0.25, 0.3) is 5.56 Å². The van der Waals surface area contributed by atoms with E-state index in [4.69, 9.17) is 5.11 Å². The highest BCUT2D eigenvalue weighted by molar-refractivity contribution is 8.00. The average molecular weight is 304 g/mol. The van der Waals surface area contributed by atoms with Gasteiger partial charge in [0.1, 0.15) is 0 Å². The lowest BCUT2D eigenvalue weighted by Crippen LogP contribution is -2.40. The highest BCUT2D eigenvalue weighted by Gasteiger charge is 2.27. The molecule has 0 bridgehead atoms. The summed E-state index contributed by atoms with van der Waals surface area (Å²) in [7, 11) is 0. The largest absolute Gasteiger partial charge is 0.464 e. The van der Waals surface area contributed by atoms with Crippen molar-refractivity contribution in [3.05, 3.63) is 51.2 Å². The number of hydrogen-bond donors (Lipinski definition) is 2. The van der Waals surface area contributed by atoms with Gasteiger partial charge < -0.3 is 10.1 Å². The maximum Gasteiger partial charge on any atom is 0.422 e. The van der Waals surface area contributed by atoms with Crippen LogP contribution in [0, 0.1) is 0 Å². The normalized spacial score (nSPS) is 14.1. The van der Waals surface area contributed by atoms with Crippen LogP contribution in [-0.4, -0.2) is 26.0 Å². The molecule has 1 aliphatic rings. The molecule has 108 valence electrons. The number of benzene rings is 1. The third kappa shape index (κ3) is 2.64. The Hall–Kier alpha value is -2.28. The average Bonchev–Trinajstić information content (AvgIpc) is 3.23. The maximum absolute atomic E-state index is 12.4. The Bertz CT molecular complexity index is 806. The molecule has 0 atom stereocenters. The standard InChI is InChI=1S/C14H12N2O4S/c17-12-10(8-4-2-1-3-5-8)11(21-9-6-7-9)15-13(18)16(12)14(19)20/h1-5,9H,6-7H2,(H,15,18)(H,19,20). The van der Waals surface area contributed by atoms with E-state index in [-0.39, 0.29) is 10.1 Å². The molecular weight excluding hydrogens is 292 g/mol. The lowest BCUT2D eigenvalue weighted by molar-refractivity contribution is 0.194. The van der Waals surface area contributed by atoms with Crippen molar-refractivity contribution < 1.29 is 9.90 Å². The summed E-state index contributed by atoms with van der Waals surface area (Å²) in [6, 6.07) is 8.77. The summed E-state index contributed by atoms with van der Waals surface area (Å²) in [5, 5.41) is 9.86. The van der Waals surface area contributed by atoms with Gasteiger partial charge in [-0.05, 0) is 18.4 Å². The van der Waals surface area contributed by atoms with E-state index in [1.54, 1.807) is 30.3 Å². The molecule has 0 amide bonds. The SMILES string of the molecule is O=C(O)n1c(=O)[nH]c(SC2CC2)c(-c2ccccc2)c1=O. The van der Waals surface area contributed by atoms with E-state index >= 15 is 0 Å². The van der Waals surface area contributed by atoms with Gasteiger partial charge >= 0.3 is 11.8 Å². The molecule has 0 unspecified atom stereocenters. The summed E-state index contributed by atoms with van der Waals surface area (Å²) in [4.78, 5) is 37.8. The van der Waals surface area contributed by atoms with Crippen molar-refractivity contribution >= 4 is 17.9 Å². The fourth-order valence-electron chi connectivity index (χ4n) is 1.99. The van der Waals surface area contributed by atoms with Crippen molar-refractivity contribution in [2.75, 3.05) is 0 Å². The van der Waals surface area contributed by atoms with Gasteiger partial charge in [0.2, 0.25) is 0 Å². The van der Waals surface area contributed by atoms with E-state index in [2.05, 4.69) is 4.98 Å². The highest BCUT2D eigenvalue weighted by Crippen LogP contribution is 2.40. The number of aromatic nitrogens is 2. The zero-order chi connectivity index (χ0) is 15.0. The smallest absolute Gasteiger partial charge is 0.422 e. The monoisotopic (exact) mass is 304 g/mol. The molecule has 1 saturated carbocycles. The number of nitrogens with zero attached hydrogens (tertiary/aromatic N) is 1. The zero-order valence-corrected chi connectivity index (χ0v) is 11.7. The summed E-state index contributed by atoms with van der Waals surface area (Å²) in [6.07, 6.45) is 0.479. The van der Waals surface area contributed by atoms with Gasteiger partial charge in [-0.15, -0.1) is 11.8 Å². The molecule has 2 aromatic rings. The fraction of sp³-hybridized carbons (Fsp3) is 0.214. The number of aromatic amines is 1. The predicted octanol–water partition coefficient (Wildman–Crippen LogP) is 1.98. The highest BCUT2D eigenvalue weighted by atomic mass is 32.2. The molecule has 21 heavy (non-hydrogen) atoms. The fourth-order valence-corrected chi connectivity index (χ4v) is 3.17. The predicted molar refractivity (Wildman–Crippen MR) is 79.1 cm³/mol. The Morgan fingerprint density at radius 3 is 2.48 bits per heavy atom. The second-order valence-corrected chi connectivity index (χ2v) is 6.05. The van der Waals surface area contributed by atoms with Crippen LogP contribution < -0.4 is 11.2 Å². The lowest BCUT2D eigenvalue weighted by atomic mass is 10.1. The Morgan fingerprint density at radius 2 is 1.90 bits per heavy atom. The van der Waals surface area contributed by atoms with Gasteiger partial charge in [0.05, 0.1) is 10.6 Å². The number of thioether (sulfide) groups is 1. The number of hydrogen-bond acceptors (Lipinski definition) is 4. The summed E-state index contributed by atoms with van der Waals surface area (Å²) in [5.41, 5.74) is -0.901. The molecule has 2 N–H and O–H groups in total. The van der Waals surface area contributed by atoms with E-state index in [1.165, 1.54) is 11.8 Å². The number of carboxylic acid groups (broad SMARTS) is 1. The third-order valence-corrected chi connectivity index (χ3v) is 4.48. The van der Waals surface area contributed by atoms with Gasteiger partial charge in [-0.25, -0.2) is 9.59 Å². The molecule has 3 rings (SSSR count). The molecule has 0 radical (unpaired) electrons. The van der Waals surface area contributed by atoms with Crippen molar-refractivity contribution in [2.45, 2.75) is 23.1 Å². The van der Waals surface area contributed by atoms with Crippen LogP contribution in [0.25, 0.3) is 11.1 Å². The third-order valence-electron chi connectivity index (χ3n) is 3.13. The van der Waals surface area contributed by atoms with Gasteiger partial charge in [-0.3, -0.25) is 4.79 Å². The number of rotatable bonds is 3. The molecule has 1 aromatic heterocycles. The van der Waals surface area contributed by atoms with Crippen molar-refractivity contribution in [3.63, 3.8) is 0 Å². The molecule has 0 saturated heterocycles. The van der Waals surface area contributed by atoms with Crippen LogP contribution in [0.4, 0.5) is 4.79 Å². The second kappa shape index (κ2) is 5.25. The van der Waals surface area contributed by atoms with Crippen LogP contribution in [0.15, 0.2) is 44.9 Å². The first-order chi connectivity index (χ1) is 10.1. The summed E-state index contributed by atoms with van der Waals surface area (Å²) >= 11 is 1.42. The lowest BCUT2D eigenvalue weighted by Gasteiger charge is -2.09. The van der Waals surface area contributed by atoms with Crippen LogP contribution >= 0.6 is 11.8 Å². The van der Waals surface area contributed by atoms with Gasteiger partial charge in [-0.2, -0.15) is 4.57 Å². The molecule has 7 heteroatoms. The van der Waals surface area contributed by atoms with Crippen LogP contribution in [0.5, 0.6) is 0 Å². The van der Waals surface area contributed by atoms with E-state index in [1.807, 2.05) is 0 Å². The Kier molecular flexibility index (Phi) is 3.42. The van der Waals surface area contributed by atoms with Crippen LogP contribution in [0.1, 0.15) is 12.8 Å². The topological polar surface area (TPSA) is 92.2 Å². The van der Waals surface area contributed by atoms with Crippen molar-refractivity contribution in [1.82, 2.24) is 9.55 Å². The molecule has 1 fully saturated rings. The van der Waals surface area contributed by atoms with Crippen LogP contribution in [-0.2, 0) is 0 Å². The van der Waals surface area contributed by atoms with E-state index in [0.29, 0.717) is 15.8 Å². The van der Waals surface area contributed by atoms with Gasteiger partial charge in [0.15, 0.2) is 0 Å². The van der Waals surface area contributed by atoms with Crippen molar-refractivity contribution in [1.29, 1.82) is 0 Å². The Labute approximate surface area is 123 Å². The minimum Gasteiger partial charge on any atom is -0.464 e. The number of nitrogens with one attached hydrogen (secondary N) is 1.